The van der Waals surface area contributed by atoms with Crippen LogP contribution in [0.15, 0.2) is 85.2 Å². The molecular weight excluding hydrogens is 430 g/mol. The van der Waals surface area contributed by atoms with Crippen LogP contribution in [-0.4, -0.2) is 21.4 Å². The highest BCUT2D eigenvalue weighted by Crippen LogP contribution is 2.37. The molecular formula is C26H23N5O3. The third-order valence-electron chi connectivity index (χ3n) is 5.51. The monoisotopic (exact) mass is 453 g/mol. The van der Waals surface area contributed by atoms with Crippen LogP contribution in [0.5, 0.6) is 23.1 Å². The second-order valence-electron chi connectivity index (χ2n) is 8.12. The molecule has 1 aliphatic rings. The Morgan fingerprint density at radius 1 is 0.853 bits per heavy atom. The number of nitrogens with one attached hydrogen (secondary N) is 1. The quantitative estimate of drug-likeness (QED) is 0.369. The third kappa shape index (κ3) is 4.67. The first-order chi connectivity index (χ1) is 16.5. The predicted molar refractivity (Wildman–Crippen MR) is 130 cm³/mol. The van der Waals surface area contributed by atoms with E-state index >= 15 is 0 Å². The Morgan fingerprint density at radius 3 is 2.29 bits per heavy atom. The van der Waals surface area contributed by atoms with Gasteiger partial charge in [0.1, 0.15) is 29.4 Å². The smallest absolute Gasteiger partial charge is 0.244 e. The van der Waals surface area contributed by atoms with Crippen LogP contribution in [0.2, 0.25) is 0 Å². The number of benzene rings is 3. The van der Waals surface area contributed by atoms with Crippen LogP contribution in [0.4, 0.5) is 11.5 Å². The van der Waals surface area contributed by atoms with Gasteiger partial charge in [-0.2, -0.15) is 0 Å². The van der Waals surface area contributed by atoms with Gasteiger partial charge in [0.2, 0.25) is 11.8 Å². The summed E-state index contributed by atoms with van der Waals surface area (Å²) in [5.74, 6) is 2.30. The molecule has 8 heteroatoms. The van der Waals surface area contributed by atoms with Crippen molar-refractivity contribution in [3.8, 4) is 34.3 Å². The molecule has 34 heavy (non-hydrogen) atoms. The maximum Gasteiger partial charge on any atom is 0.244 e. The number of aromatic nitrogens is 2. The van der Waals surface area contributed by atoms with Crippen molar-refractivity contribution in [2.24, 2.45) is 5.73 Å². The fraction of sp³-hybridized carbons (Fsp3) is 0.115. The van der Waals surface area contributed by atoms with Crippen molar-refractivity contribution in [3.05, 3.63) is 85.2 Å². The lowest BCUT2D eigenvalue weighted by Crippen LogP contribution is -2.37. The lowest BCUT2D eigenvalue weighted by Gasteiger charge is -2.14. The predicted octanol–water partition coefficient (Wildman–Crippen LogP) is 4.74. The molecule has 1 amide bonds. The van der Waals surface area contributed by atoms with Gasteiger partial charge in [0.15, 0.2) is 0 Å². The number of nitrogens with zero attached hydrogens (tertiary/aromatic N) is 2. The lowest BCUT2D eigenvalue weighted by atomic mass is 10.1. The number of ether oxygens (including phenoxy) is 2. The van der Waals surface area contributed by atoms with Gasteiger partial charge in [0.25, 0.3) is 0 Å². The number of hydrogen-bond donors (Lipinski definition) is 3. The van der Waals surface area contributed by atoms with Crippen molar-refractivity contribution in [2.45, 2.75) is 18.4 Å². The highest BCUT2D eigenvalue weighted by atomic mass is 16.5. The first-order valence-corrected chi connectivity index (χ1v) is 10.8. The average Bonchev–Trinajstić information content (AvgIpc) is 3.60. The number of amides is 1. The van der Waals surface area contributed by atoms with Crippen LogP contribution in [0, 0.1) is 0 Å². The molecule has 4 aromatic rings. The Hall–Kier alpha value is -4.43. The zero-order valence-corrected chi connectivity index (χ0v) is 18.3. The molecule has 0 saturated heterocycles. The SMILES string of the molecule is Nc1ncnc(Oc2cccc(NC(=O)C3(N)CC3)c2)c1-c1ccc(Oc2ccccc2)cc1. The molecule has 0 spiro atoms. The molecule has 5 rings (SSSR count). The van der Waals surface area contributed by atoms with Crippen LogP contribution in [0.3, 0.4) is 0 Å². The molecule has 3 aromatic carbocycles. The molecule has 1 fully saturated rings. The first kappa shape index (κ1) is 21.4. The molecule has 1 aliphatic carbocycles. The molecule has 0 aliphatic heterocycles. The van der Waals surface area contributed by atoms with E-state index in [1.807, 2.05) is 54.6 Å². The second-order valence-corrected chi connectivity index (χ2v) is 8.12. The van der Waals surface area contributed by atoms with Crippen molar-refractivity contribution < 1.29 is 14.3 Å². The van der Waals surface area contributed by atoms with Crippen LogP contribution < -0.4 is 26.3 Å². The second kappa shape index (κ2) is 8.84. The van der Waals surface area contributed by atoms with Gasteiger partial charge in [-0.1, -0.05) is 36.4 Å². The van der Waals surface area contributed by atoms with Gasteiger partial charge in [0, 0.05) is 11.8 Å². The zero-order chi connectivity index (χ0) is 23.5. The fourth-order valence-electron chi connectivity index (χ4n) is 3.41. The maximum atomic E-state index is 12.3. The van der Waals surface area contributed by atoms with Crippen LogP contribution in [0.25, 0.3) is 11.1 Å². The maximum absolute atomic E-state index is 12.3. The minimum atomic E-state index is -0.762. The Labute approximate surface area is 196 Å². The Morgan fingerprint density at radius 2 is 1.56 bits per heavy atom. The normalized spacial score (nSPS) is 13.7. The number of hydrogen-bond acceptors (Lipinski definition) is 7. The summed E-state index contributed by atoms with van der Waals surface area (Å²) in [5.41, 5.74) is 13.3. The van der Waals surface area contributed by atoms with E-state index in [0.29, 0.717) is 41.5 Å². The number of rotatable bonds is 7. The summed E-state index contributed by atoms with van der Waals surface area (Å²) in [7, 11) is 0. The van der Waals surface area contributed by atoms with Gasteiger partial charge < -0.3 is 26.3 Å². The number of anilines is 2. The minimum Gasteiger partial charge on any atom is -0.457 e. The van der Waals surface area contributed by atoms with Crippen LogP contribution in [0.1, 0.15) is 12.8 Å². The number of nitrogens with two attached hydrogens (primary N) is 2. The van der Waals surface area contributed by atoms with E-state index in [-0.39, 0.29) is 11.7 Å². The molecule has 1 saturated carbocycles. The Balaban J connectivity index is 1.37. The number of carbonyl (C=O) groups excluding carboxylic acids is 1. The summed E-state index contributed by atoms with van der Waals surface area (Å²) >= 11 is 0. The van der Waals surface area contributed by atoms with Crippen molar-refractivity contribution in [1.29, 1.82) is 0 Å². The number of para-hydroxylation sites is 1. The minimum absolute atomic E-state index is 0.200. The summed E-state index contributed by atoms with van der Waals surface area (Å²) in [6, 6.07) is 24.0. The van der Waals surface area contributed by atoms with Gasteiger partial charge in [-0.05, 0) is 54.8 Å². The number of nitrogen functional groups attached to an aromatic ring is 1. The summed E-state index contributed by atoms with van der Waals surface area (Å²) in [6.07, 6.45) is 2.72. The van der Waals surface area contributed by atoms with Crippen LogP contribution >= 0.6 is 0 Å². The molecule has 0 unspecified atom stereocenters. The topological polar surface area (TPSA) is 125 Å². The molecule has 170 valence electrons. The summed E-state index contributed by atoms with van der Waals surface area (Å²) < 4.78 is 11.9. The first-order valence-electron chi connectivity index (χ1n) is 10.8. The highest BCUT2D eigenvalue weighted by molar-refractivity contribution is 6.00. The van der Waals surface area contributed by atoms with Crippen LogP contribution in [-0.2, 0) is 4.79 Å². The van der Waals surface area contributed by atoms with E-state index in [1.165, 1.54) is 6.33 Å². The van der Waals surface area contributed by atoms with E-state index in [2.05, 4.69) is 15.3 Å². The average molecular weight is 454 g/mol. The van der Waals surface area contributed by atoms with Crippen molar-refractivity contribution >= 4 is 17.4 Å². The summed E-state index contributed by atoms with van der Waals surface area (Å²) in [6.45, 7) is 0. The highest BCUT2D eigenvalue weighted by Gasteiger charge is 2.45. The molecule has 0 bridgehead atoms. The molecule has 8 nitrogen and oxygen atoms in total. The summed E-state index contributed by atoms with van der Waals surface area (Å²) in [5, 5.41) is 2.84. The molecule has 1 heterocycles. The zero-order valence-electron chi connectivity index (χ0n) is 18.3. The Bertz CT molecular complexity index is 1320. The van der Waals surface area contributed by atoms with Gasteiger partial charge in [-0.15, -0.1) is 0 Å². The van der Waals surface area contributed by atoms with Crippen molar-refractivity contribution in [2.75, 3.05) is 11.1 Å². The number of carbonyl (C=O) groups is 1. The van der Waals surface area contributed by atoms with Gasteiger partial charge >= 0.3 is 0 Å². The molecule has 5 N–H and O–H groups in total. The van der Waals surface area contributed by atoms with E-state index in [9.17, 15) is 4.79 Å². The van der Waals surface area contributed by atoms with Gasteiger partial charge in [-0.25, -0.2) is 9.97 Å². The largest absolute Gasteiger partial charge is 0.457 e. The van der Waals surface area contributed by atoms with Gasteiger partial charge in [-0.3, -0.25) is 4.79 Å². The molecule has 0 atom stereocenters. The summed E-state index contributed by atoms with van der Waals surface area (Å²) in [4.78, 5) is 20.7. The molecule has 1 aromatic heterocycles. The standard InChI is InChI=1S/C26H23N5O3/c27-23-22(17-9-11-20(12-10-17)33-19-6-2-1-3-7-19)24(30-16-29-23)34-21-8-4-5-18(15-21)31-25(32)26(28)13-14-26/h1-12,15-16H,13-14,28H2,(H,31,32)(H2,27,29,30). The van der Waals surface area contributed by atoms with Crippen molar-refractivity contribution in [1.82, 2.24) is 9.97 Å². The van der Waals surface area contributed by atoms with Crippen molar-refractivity contribution in [3.63, 3.8) is 0 Å². The van der Waals surface area contributed by atoms with E-state index in [0.717, 1.165) is 11.3 Å². The van der Waals surface area contributed by atoms with E-state index in [1.54, 1.807) is 24.3 Å². The molecule has 0 radical (unpaired) electrons. The van der Waals surface area contributed by atoms with Gasteiger partial charge in [0.05, 0.1) is 11.1 Å². The third-order valence-corrected chi connectivity index (χ3v) is 5.51. The fourth-order valence-corrected chi connectivity index (χ4v) is 3.41. The Kier molecular flexibility index (Phi) is 5.57. The van der Waals surface area contributed by atoms with E-state index < -0.39 is 5.54 Å². The lowest BCUT2D eigenvalue weighted by molar-refractivity contribution is -0.118. The van der Waals surface area contributed by atoms with E-state index in [4.69, 9.17) is 20.9 Å².